The van der Waals surface area contributed by atoms with Crippen molar-refractivity contribution in [3.05, 3.63) is 35.1 Å². The van der Waals surface area contributed by atoms with Crippen LogP contribution in [0.3, 0.4) is 0 Å². The third kappa shape index (κ3) is 2.88. The number of benzene rings is 1. The molecule has 1 heterocycles. The van der Waals surface area contributed by atoms with Crippen molar-refractivity contribution in [2.24, 2.45) is 5.92 Å². The molecule has 1 saturated heterocycles. The van der Waals surface area contributed by atoms with Crippen LogP contribution in [0.4, 0.5) is 4.39 Å². The molecule has 0 saturated carbocycles. The van der Waals surface area contributed by atoms with Crippen LogP contribution in [0.5, 0.6) is 0 Å². The maximum atomic E-state index is 13.4. The predicted octanol–water partition coefficient (Wildman–Crippen LogP) is 1.86. The number of carbonyl (C=O) groups excluding carboxylic acids is 1. The second-order valence-corrected chi connectivity index (χ2v) is 5.01. The Kier molecular flexibility index (Phi) is 3.97. The molecule has 1 aromatic rings. The highest BCUT2D eigenvalue weighted by atomic mass is 19.1. The Morgan fingerprint density at radius 3 is 2.94 bits per heavy atom. The monoisotopic (exact) mass is 250 g/mol. The quantitative estimate of drug-likeness (QED) is 0.841. The van der Waals surface area contributed by atoms with Crippen molar-refractivity contribution in [1.29, 1.82) is 0 Å². The largest absolute Gasteiger partial charge is 0.349 e. The van der Waals surface area contributed by atoms with Gasteiger partial charge < -0.3 is 10.6 Å². The van der Waals surface area contributed by atoms with Crippen molar-refractivity contribution in [3.8, 4) is 0 Å². The summed E-state index contributed by atoms with van der Waals surface area (Å²) < 4.78 is 13.4. The molecular weight excluding hydrogens is 231 g/mol. The first-order chi connectivity index (χ1) is 8.58. The molecule has 2 N–H and O–H groups in total. The van der Waals surface area contributed by atoms with Crippen molar-refractivity contribution in [2.75, 3.05) is 13.1 Å². The summed E-state index contributed by atoms with van der Waals surface area (Å²) in [5, 5.41) is 6.27. The van der Waals surface area contributed by atoms with Crippen molar-refractivity contribution in [3.63, 3.8) is 0 Å². The lowest BCUT2D eigenvalue weighted by molar-refractivity contribution is 0.0913. The highest BCUT2D eigenvalue weighted by Crippen LogP contribution is 2.13. The number of hydrogen-bond donors (Lipinski definition) is 2. The number of carbonyl (C=O) groups is 1. The van der Waals surface area contributed by atoms with E-state index in [0.29, 0.717) is 17.0 Å². The van der Waals surface area contributed by atoms with Gasteiger partial charge in [0.05, 0.1) is 0 Å². The van der Waals surface area contributed by atoms with Gasteiger partial charge in [-0.1, -0.05) is 13.0 Å². The number of aryl methyl sites for hydroxylation is 1. The fraction of sp³-hybridized carbons (Fsp3) is 0.500. The van der Waals surface area contributed by atoms with Crippen LogP contribution < -0.4 is 10.6 Å². The minimum atomic E-state index is -0.332. The van der Waals surface area contributed by atoms with Gasteiger partial charge in [0.2, 0.25) is 0 Å². The Morgan fingerprint density at radius 1 is 1.50 bits per heavy atom. The first-order valence-corrected chi connectivity index (χ1v) is 6.35. The van der Waals surface area contributed by atoms with E-state index in [9.17, 15) is 9.18 Å². The molecule has 1 amide bonds. The van der Waals surface area contributed by atoms with Gasteiger partial charge in [0.25, 0.3) is 5.91 Å². The topological polar surface area (TPSA) is 41.1 Å². The molecule has 0 unspecified atom stereocenters. The lowest BCUT2D eigenvalue weighted by Gasteiger charge is -2.30. The molecule has 0 aromatic heterocycles. The maximum absolute atomic E-state index is 13.4. The van der Waals surface area contributed by atoms with Gasteiger partial charge in [0.1, 0.15) is 5.82 Å². The predicted molar refractivity (Wildman–Crippen MR) is 69.0 cm³/mol. The maximum Gasteiger partial charge on any atom is 0.251 e. The minimum Gasteiger partial charge on any atom is -0.349 e. The zero-order valence-electron chi connectivity index (χ0n) is 10.8. The summed E-state index contributed by atoms with van der Waals surface area (Å²) in [6.07, 6.45) is 0.918. The van der Waals surface area contributed by atoms with Crippen molar-refractivity contribution in [2.45, 2.75) is 26.3 Å². The molecule has 18 heavy (non-hydrogen) atoms. The first-order valence-electron chi connectivity index (χ1n) is 6.35. The lowest BCUT2D eigenvalue weighted by atomic mass is 9.95. The smallest absolute Gasteiger partial charge is 0.251 e. The van der Waals surface area contributed by atoms with Crippen molar-refractivity contribution in [1.82, 2.24) is 10.6 Å². The van der Waals surface area contributed by atoms with E-state index in [2.05, 4.69) is 17.6 Å². The summed E-state index contributed by atoms with van der Waals surface area (Å²) in [6.45, 7) is 5.61. The molecule has 1 aliphatic rings. The molecular formula is C14H19FN2O. The Labute approximate surface area is 107 Å². The molecule has 0 bridgehead atoms. The number of rotatable bonds is 2. The van der Waals surface area contributed by atoms with Crippen LogP contribution in [-0.2, 0) is 0 Å². The van der Waals surface area contributed by atoms with Crippen molar-refractivity contribution >= 4 is 5.91 Å². The summed E-state index contributed by atoms with van der Waals surface area (Å²) >= 11 is 0. The van der Waals surface area contributed by atoms with E-state index in [1.165, 1.54) is 6.07 Å². The highest BCUT2D eigenvalue weighted by Gasteiger charge is 2.23. The molecule has 4 heteroatoms. The Balaban J connectivity index is 2.04. The lowest BCUT2D eigenvalue weighted by Crippen LogP contribution is -2.48. The van der Waals surface area contributed by atoms with Gasteiger partial charge >= 0.3 is 0 Å². The van der Waals surface area contributed by atoms with E-state index in [4.69, 9.17) is 0 Å². The second-order valence-electron chi connectivity index (χ2n) is 5.01. The molecule has 1 fully saturated rings. The van der Waals surface area contributed by atoms with Gasteiger partial charge in [0, 0.05) is 11.6 Å². The molecule has 3 nitrogen and oxygen atoms in total. The summed E-state index contributed by atoms with van der Waals surface area (Å²) in [7, 11) is 0. The Bertz CT molecular complexity index is 447. The van der Waals surface area contributed by atoms with E-state index < -0.39 is 0 Å². The fourth-order valence-corrected chi connectivity index (χ4v) is 2.21. The molecule has 2 rings (SSSR count). The zero-order valence-corrected chi connectivity index (χ0v) is 10.8. The Hall–Kier alpha value is -1.42. The number of piperidine rings is 1. The first kappa shape index (κ1) is 13.0. The average molecular weight is 250 g/mol. The van der Waals surface area contributed by atoms with E-state index in [1.54, 1.807) is 19.1 Å². The normalized spacial score (nSPS) is 23.7. The second kappa shape index (κ2) is 5.48. The van der Waals surface area contributed by atoms with Crippen LogP contribution in [0.15, 0.2) is 18.2 Å². The van der Waals surface area contributed by atoms with Gasteiger partial charge in [-0.15, -0.1) is 0 Å². The van der Waals surface area contributed by atoms with E-state index >= 15 is 0 Å². The van der Waals surface area contributed by atoms with Gasteiger partial charge in [0.15, 0.2) is 0 Å². The van der Waals surface area contributed by atoms with Gasteiger partial charge in [-0.25, -0.2) is 4.39 Å². The summed E-state index contributed by atoms with van der Waals surface area (Å²) in [5.41, 5.74) is 0.950. The molecule has 0 aliphatic carbocycles. The molecule has 98 valence electrons. The minimum absolute atomic E-state index is 0.170. The third-order valence-electron chi connectivity index (χ3n) is 3.54. The van der Waals surface area contributed by atoms with Gasteiger partial charge in [-0.2, -0.15) is 0 Å². The van der Waals surface area contributed by atoms with E-state index in [0.717, 1.165) is 19.5 Å². The number of amides is 1. The zero-order chi connectivity index (χ0) is 13.1. The van der Waals surface area contributed by atoms with Gasteiger partial charge in [-0.05, 0) is 50.0 Å². The third-order valence-corrected chi connectivity index (χ3v) is 3.54. The standard InChI is InChI=1S/C14H19FN2O/c1-9-3-4-11(7-12(9)15)14(18)17-13-5-6-16-8-10(13)2/h3-4,7,10,13,16H,5-6,8H2,1-2H3,(H,17,18)/t10-,13+/m1/s1. The molecule has 1 aromatic carbocycles. The van der Waals surface area contributed by atoms with E-state index in [1.807, 2.05) is 0 Å². The summed E-state index contributed by atoms with van der Waals surface area (Å²) in [4.78, 5) is 12.0. The van der Waals surface area contributed by atoms with Crippen LogP contribution in [0, 0.1) is 18.7 Å². The molecule has 0 spiro atoms. The van der Waals surface area contributed by atoms with Crippen LogP contribution in [0.1, 0.15) is 29.3 Å². The van der Waals surface area contributed by atoms with Crippen LogP contribution in [-0.4, -0.2) is 25.0 Å². The summed E-state index contributed by atoms with van der Waals surface area (Å²) in [5.74, 6) is -0.119. The van der Waals surface area contributed by atoms with Crippen molar-refractivity contribution < 1.29 is 9.18 Å². The number of halogens is 1. The van der Waals surface area contributed by atoms with E-state index in [-0.39, 0.29) is 17.8 Å². The van der Waals surface area contributed by atoms with Crippen LogP contribution >= 0.6 is 0 Å². The summed E-state index contributed by atoms with van der Waals surface area (Å²) in [6, 6.07) is 4.77. The molecule has 2 atom stereocenters. The van der Waals surface area contributed by atoms with Gasteiger partial charge in [-0.3, -0.25) is 4.79 Å². The van der Waals surface area contributed by atoms with Crippen LogP contribution in [0.2, 0.25) is 0 Å². The number of nitrogens with one attached hydrogen (secondary N) is 2. The average Bonchev–Trinajstić information content (AvgIpc) is 2.35. The fourth-order valence-electron chi connectivity index (χ4n) is 2.21. The number of hydrogen-bond acceptors (Lipinski definition) is 2. The highest BCUT2D eigenvalue weighted by molar-refractivity contribution is 5.94. The molecule has 0 radical (unpaired) electrons. The Morgan fingerprint density at radius 2 is 2.28 bits per heavy atom. The SMILES string of the molecule is Cc1ccc(C(=O)N[C@H]2CCNC[C@H]2C)cc1F. The van der Waals surface area contributed by atoms with Crippen LogP contribution in [0.25, 0.3) is 0 Å². The molecule has 1 aliphatic heterocycles.